The van der Waals surface area contributed by atoms with Crippen LogP contribution in [0.5, 0.6) is 0 Å². The number of aromatic nitrogens is 4. The smallest absolute Gasteiger partial charge is 0.155 e. The summed E-state index contributed by atoms with van der Waals surface area (Å²) >= 11 is 0. The molecular weight excluding hydrogens is 426 g/mol. The molecule has 6 rings (SSSR count). The summed E-state index contributed by atoms with van der Waals surface area (Å²) in [6.07, 6.45) is 3.85. The Kier molecular flexibility index (Phi) is 5.64. The van der Waals surface area contributed by atoms with Crippen LogP contribution in [-0.2, 0) is 13.1 Å². The molecule has 0 amide bonds. The molecule has 1 saturated heterocycles. The van der Waals surface area contributed by atoms with Gasteiger partial charge in [-0.25, -0.2) is 4.98 Å². The van der Waals surface area contributed by atoms with Crippen LogP contribution in [0.4, 0.5) is 0 Å². The first-order valence-electron chi connectivity index (χ1n) is 11.8. The predicted octanol–water partition coefficient (Wildman–Crippen LogP) is 3.89. The lowest BCUT2D eigenvalue weighted by atomic mass is 9.96. The minimum absolute atomic E-state index is 0.634. The average Bonchev–Trinajstić information content (AvgIpc) is 3.65. The molecule has 0 bridgehead atoms. The van der Waals surface area contributed by atoms with Gasteiger partial charge in [-0.3, -0.25) is 15.0 Å². The molecular formula is C26H27N7O. The van der Waals surface area contributed by atoms with E-state index in [4.69, 9.17) is 9.52 Å². The Morgan fingerprint density at radius 3 is 2.74 bits per heavy atom. The van der Waals surface area contributed by atoms with E-state index in [1.807, 2.05) is 18.2 Å². The number of benzene rings is 2. The van der Waals surface area contributed by atoms with Crippen LogP contribution in [0.3, 0.4) is 0 Å². The largest absolute Gasteiger partial charge is 0.370 e. The van der Waals surface area contributed by atoms with Crippen molar-refractivity contribution in [3.8, 4) is 22.6 Å². The van der Waals surface area contributed by atoms with E-state index in [9.17, 15) is 0 Å². The quantitative estimate of drug-likeness (QED) is 0.460. The van der Waals surface area contributed by atoms with Crippen LogP contribution in [0, 0.1) is 5.92 Å². The Morgan fingerprint density at radius 2 is 1.91 bits per heavy atom. The van der Waals surface area contributed by atoms with Gasteiger partial charge in [0.2, 0.25) is 0 Å². The Morgan fingerprint density at radius 1 is 1.03 bits per heavy atom. The second-order valence-corrected chi connectivity index (χ2v) is 9.02. The van der Waals surface area contributed by atoms with Crippen LogP contribution in [-0.4, -0.2) is 50.7 Å². The number of likely N-dealkylation sites (tertiary alicyclic amines) is 1. The van der Waals surface area contributed by atoms with Gasteiger partial charge < -0.3 is 9.84 Å². The maximum Gasteiger partial charge on any atom is 0.155 e. The number of fused-ring (bicyclic) bond motifs is 1. The van der Waals surface area contributed by atoms with Crippen molar-refractivity contribution in [2.45, 2.75) is 25.9 Å². The van der Waals surface area contributed by atoms with Crippen molar-refractivity contribution in [1.29, 1.82) is 0 Å². The molecule has 4 heterocycles. The summed E-state index contributed by atoms with van der Waals surface area (Å²) in [6, 6.07) is 18.6. The van der Waals surface area contributed by atoms with Crippen LogP contribution in [0.15, 0.2) is 70.4 Å². The third-order valence-corrected chi connectivity index (χ3v) is 6.73. The van der Waals surface area contributed by atoms with Gasteiger partial charge in [0.25, 0.3) is 0 Å². The second-order valence-electron chi connectivity index (χ2n) is 9.02. The van der Waals surface area contributed by atoms with Gasteiger partial charge in [-0.1, -0.05) is 47.6 Å². The number of hydrogen-bond acceptors (Lipinski definition) is 7. The number of nitrogens with zero attached hydrogens (tertiary/aromatic N) is 5. The van der Waals surface area contributed by atoms with Gasteiger partial charge >= 0.3 is 0 Å². The summed E-state index contributed by atoms with van der Waals surface area (Å²) in [5.74, 6) is 3.34. The fraction of sp³-hybridized carbons (Fsp3) is 0.308. The summed E-state index contributed by atoms with van der Waals surface area (Å²) in [5.41, 5.74) is 5.45. The zero-order valence-corrected chi connectivity index (χ0v) is 18.9. The summed E-state index contributed by atoms with van der Waals surface area (Å²) in [6.45, 7) is 4.61. The van der Waals surface area contributed by atoms with Crippen molar-refractivity contribution in [3.05, 3.63) is 77.8 Å². The number of nitrogens with one attached hydrogen (secondary N) is 2. The molecule has 8 nitrogen and oxygen atoms in total. The van der Waals surface area contributed by atoms with Crippen LogP contribution >= 0.6 is 0 Å². The fourth-order valence-corrected chi connectivity index (χ4v) is 4.77. The van der Waals surface area contributed by atoms with Gasteiger partial charge in [0.1, 0.15) is 17.9 Å². The van der Waals surface area contributed by atoms with Gasteiger partial charge in [0.05, 0.1) is 13.1 Å². The molecule has 2 N–H and O–H groups in total. The van der Waals surface area contributed by atoms with E-state index in [0.29, 0.717) is 5.92 Å². The van der Waals surface area contributed by atoms with Gasteiger partial charge in [-0.05, 0) is 43.5 Å². The summed E-state index contributed by atoms with van der Waals surface area (Å²) in [7, 11) is 0. The molecule has 2 aromatic carbocycles. The number of amidine groups is 1. The monoisotopic (exact) mass is 453 g/mol. The van der Waals surface area contributed by atoms with Crippen molar-refractivity contribution in [3.63, 3.8) is 0 Å². The van der Waals surface area contributed by atoms with E-state index in [0.717, 1.165) is 79.8 Å². The van der Waals surface area contributed by atoms with Gasteiger partial charge in [0, 0.05) is 29.3 Å². The molecule has 2 aliphatic rings. The lowest BCUT2D eigenvalue weighted by Gasteiger charge is -2.31. The minimum Gasteiger partial charge on any atom is -0.370 e. The topological polar surface area (TPSA) is 95.2 Å². The number of H-pyrrole nitrogens is 1. The van der Waals surface area contributed by atoms with Gasteiger partial charge in [-0.15, -0.1) is 0 Å². The number of piperidine rings is 1. The molecule has 0 unspecified atom stereocenters. The molecule has 2 aromatic heterocycles. The molecule has 8 heteroatoms. The number of aliphatic imine (C=N–C) groups is 1. The summed E-state index contributed by atoms with van der Waals surface area (Å²) < 4.78 is 5.60. The summed E-state index contributed by atoms with van der Waals surface area (Å²) in [5, 5.41) is 14.8. The molecule has 34 heavy (non-hydrogen) atoms. The molecule has 1 fully saturated rings. The van der Waals surface area contributed by atoms with E-state index < -0.39 is 0 Å². The Labute approximate surface area is 198 Å². The highest BCUT2D eigenvalue weighted by molar-refractivity contribution is 6.02. The standard InChI is InChI=1S/C26H27N7O/c1-2-4-19(5-3-1)24-13-22(34-32-24)16-33-10-8-18(9-11-33)14-27-26-23-12-20(25-29-17-30-31-25)6-7-21(23)15-28-26/h1-7,12-13,17-18H,8-11,14-16H2,(H,27,28)(H,29,30,31). The minimum atomic E-state index is 0.634. The lowest BCUT2D eigenvalue weighted by molar-refractivity contribution is 0.162. The number of aromatic amines is 1. The zero-order valence-electron chi connectivity index (χ0n) is 18.9. The molecule has 0 aliphatic carbocycles. The van der Waals surface area contributed by atoms with Gasteiger partial charge in [-0.2, -0.15) is 5.10 Å². The molecule has 0 radical (unpaired) electrons. The van der Waals surface area contributed by atoms with Crippen LogP contribution < -0.4 is 5.32 Å². The van der Waals surface area contributed by atoms with E-state index in [-0.39, 0.29) is 0 Å². The first-order valence-corrected chi connectivity index (χ1v) is 11.8. The van der Waals surface area contributed by atoms with Crippen molar-refractivity contribution in [2.75, 3.05) is 19.6 Å². The van der Waals surface area contributed by atoms with E-state index in [1.165, 1.54) is 17.5 Å². The lowest BCUT2D eigenvalue weighted by Crippen LogP contribution is -2.38. The Bertz CT molecular complexity index is 1270. The first-order chi connectivity index (χ1) is 16.8. The molecule has 0 saturated carbocycles. The molecule has 4 aromatic rings. The normalized spacial score (nSPS) is 16.4. The third-order valence-electron chi connectivity index (χ3n) is 6.73. The number of rotatable bonds is 6. The average molecular weight is 454 g/mol. The van der Waals surface area contributed by atoms with E-state index >= 15 is 0 Å². The fourth-order valence-electron chi connectivity index (χ4n) is 4.77. The second kappa shape index (κ2) is 9.23. The van der Waals surface area contributed by atoms with E-state index in [2.05, 4.69) is 67.0 Å². The van der Waals surface area contributed by atoms with Crippen molar-refractivity contribution in [2.24, 2.45) is 10.9 Å². The maximum absolute atomic E-state index is 5.60. The van der Waals surface area contributed by atoms with Gasteiger partial charge in [0.15, 0.2) is 11.6 Å². The Balaban J connectivity index is 1.01. The zero-order chi connectivity index (χ0) is 22.7. The van der Waals surface area contributed by atoms with Crippen molar-refractivity contribution >= 4 is 5.84 Å². The highest BCUT2D eigenvalue weighted by Gasteiger charge is 2.23. The van der Waals surface area contributed by atoms with Crippen LogP contribution in [0.1, 0.15) is 29.7 Å². The third kappa shape index (κ3) is 4.36. The number of hydrogen-bond donors (Lipinski definition) is 2. The van der Waals surface area contributed by atoms with Crippen molar-refractivity contribution < 1.29 is 4.52 Å². The predicted molar refractivity (Wildman–Crippen MR) is 130 cm³/mol. The highest BCUT2D eigenvalue weighted by atomic mass is 16.5. The highest BCUT2D eigenvalue weighted by Crippen LogP contribution is 2.25. The first kappa shape index (κ1) is 20.8. The maximum atomic E-state index is 5.60. The molecule has 172 valence electrons. The van der Waals surface area contributed by atoms with Crippen LogP contribution in [0.2, 0.25) is 0 Å². The summed E-state index contributed by atoms with van der Waals surface area (Å²) in [4.78, 5) is 11.5. The SMILES string of the molecule is c1ccc(-c2cc(CN3CCC(CNC4=NCc5ccc(-c6ncn[nH]6)cc54)CC3)on2)cc1. The Hall–Kier alpha value is -3.78. The van der Waals surface area contributed by atoms with Crippen molar-refractivity contribution in [1.82, 2.24) is 30.6 Å². The molecule has 0 spiro atoms. The van der Waals surface area contributed by atoms with Crippen LogP contribution in [0.25, 0.3) is 22.6 Å². The van der Waals surface area contributed by atoms with E-state index in [1.54, 1.807) is 0 Å². The molecule has 2 aliphatic heterocycles. The molecule has 0 atom stereocenters.